The molecule has 3 fully saturated rings. The molecule has 206 valence electrons. The molecule has 1 N–H and O–H groups in total. The van der Waals surface area contributed by atoms with Gasteiger partial charge in [0.05, 0.1) is 17.9 Å². The first-order chi connectivity index (χ1) is 19.3. The van der Waals surface area contributed by atoms with Gasteiger partial charge in [0.2, 0.25) is 11.8 Å². The zero-order valence-electron chi connectivity index (χ0n) is 23.0. The summed E-state index contributed by atoms with van der Waals surface area (Å²) in [4.78, 5) is 42.9. The molecule has 4 aliphatic rings. The van der Waals surface area contributed by atoms with Crippen LogP contribution in [0.4, 0.5) is 5.69 Å². The van der Waals surface area contributed by atoms with Crippen molar-refractivity contribution < 1.29 is 14.4 Å². The number of nitrogens with zero attached hydrogens (tertiary/aromatic N) is 4. The van der Waals surface area contributed by atoms with E-state index in [2.05, 4.69) is 46.7 Å². The normalized spacial score (nSPS) is 22.5. The highest BCUT2D eigenvalue weighted by Gasteiger charge is 2.43. The summed E-state index contributed by atoms with van der Waals surface area (Å²) in [6.07, 6.45) is 11.0. The van der Waals surface area contributed by atoms with Crippen molar-refractivity contribution in [2.45, 2.75) is 70.4 Å². The Morgan fingerprint density at radius 2 is 1.93 bits per heavy atom. The fourth-order valence-electron chi connectivity index (χ4n) is 7.06. The lowest BCUT2D eigenvalue weighted by atomic mass is 9.69. The number of nitrogens with one attached hydrogen (secondary N) is 1. The van der Waals surface area contributed by atoms with Crippen molar-refractivity contribution in [3.63, 3.8) is 0 Å². The van der Waals surface area contributed by atoms with E-state index in [1.807, 2.05) is 24.4 Å². The lowest BCUT2D eigenvalue weighted by molar-refractivity contribution is -0.147. The highest BCUT2D eigenvalue weighted by Crippen LogP contribution is 2.43. The van der Waals surface area contributed by atoms with Gasteiger partial charge in [-0.1, -0.05) is 38.1 Å². The second-order valence-corrected chi connectivity index (χ2v) is 12.2. The number of rotatable bonds is 5. The molecule has 1 aliphatic carbocycles. The Balaban J connectivity index is 1.09. The van der Waals surface area contributed by atoms with E-state index in [0.29, 0.717) is 42.5 Å². The van der Waals surface area contributed by atoms with Crippen molar-refractivity contribution >= 4 is 34.2 Å². The van der Waals surface area contributed by atoms with E-state index < -0.39 is 6.04 Å². The monoisotopic (exact) mass is 537 g/mol. The van der Waals surface area contributed by atoms with Crippen molar-refractivity contribution in [2.24, 2.45) is 5.41 Å². The molecule has 3 amide bonds. The Hall–Kier alpha value is -3.94. The van der Waals surface area contributed by atoms with Crippen molar-refractivity contribution in [1.29, 1.82) is 0 Å². The minimum absolute atomic E-state index is 0.116. The highest BCUT2D eigenvalue weighted by molar-refractivity contribution is 6.27. The maximum absolute atomic E-state index is 13.5. The second kappa shape index (κ2) is 9.32. The summed E-state index contributed by atoms with van der Waals surface area (Å²) in [5.41, 5.74) is 4.27. The molecule has 0 spiro atoms. The van der Waals surface area contributed by atoms with Crippen LogP contribution in [0.3, 0.4) is 0 Å². The van der Waals surface area contributed by atoms with E-state index in [9.17, 15) is 14.4 Å². The second-order valence-electron chi connectivity index (χ2n) is 12.2. The Labute approximate surface area is 234 Å². The van der Waals surface area contributed by atoms with Crippen LogP contribution in [-0.4, -0.2) is 51.5 Å². The fourth-order valence-corrected chi connectivity index (χ4v) is 7.06. The number of carbonyl (C=O) groups is 3. The molecule has 2 aromatic carbocycles. The third-order valence-electron chi connectivity index (χ3n) is 9.60. The number of aromatic nitrogens is 2. The molecule has 0 bridgehead atoms. The van der Waals surface area contributed by atoms with E-state index in [1.54, 1.807) is 4.90 Å². The summed E-state index contributed by atoms with van der Waals surface area (Å²) in [5.74, 6) is 0.0425. The fraction of sp³-hybridized carbons (Fsp3) is 0.438. The lowest BCUT2D eigenvalue weighted by Crippen LogP contribution is -2.51. The van der Waals surface area contributed by atoms with Gasteiger partial charge >= 0.3 is 0 Å². The van der Waals surface area contributed by atoms with E-state index >= 15 is 0 Å². The molecule has 40 heavy (non-hydrogen) atoms. The minimum atomic E-state index is -0.532. The summed E-state index contributed by atoms with van der Waals surface area (Å²) in [7, 11) is 0. The number of piperidine rings is 2. The van der Waals surface area contributed by atoms with Gasteiger partial charge in [-0.2, -0.15) is 5.10 Å². The number of anilines is 1. The van der Waals surface area contributed by atoms with Gasteiger partial charge in [-0.15, -0.1) is 0 Å². The third kappa shape index (κ3) is 3.95. The van der Waals surface area contributed by atoms with Crippen LogP contribution in [0.1, 0.15) is 79.4 Å². The zero-order valence-corrected chi connectivity index (χ0v) is 23.0. The van der Waals surface area contributed by atoms with E-state index in [0.717, 1.165) is 72.8 Å². The molecule has 1 saturated carbocycles. The van der Waals surface area contributed by atoms with E-state index in [4.69, 9.17) is 5.10 Å². The molecular weight excluding hydrogens is 502 g/mol. The standard InChI is InChI=1S/C32H35N5O3/c1-20-7-9-27(29(38)34-20)37-26-10-8-22(24-5-3-6-25(28(24)26)30(37)39)17-21-18-33-36(19-21)23-11-15-35(16-12-23)31(40)32(2)13-4-14-32/h3,5-6,8,10,18-19,23,27H,1,4,7,9,11-17H2,2H3,(H,34,38). The molecule has 1 atom stereocenters. The van der Waals surface area contributed by atoms with Gasteiger partial charge in [0.25, 0.3) is 5.91 Å². The molecule has 7 rings (SSSR count). The molecule has 3 aromatic rings. The highest BCUT2D eigenvalue weighted by atomic mass is 16.2. The number of likely N-dealkylation sites (tertiary alicyclic amines) is 1. The molecule has 2 saturated heterocycles. The smallest absolute Gasteiger partial charge is 0.259 e. The molecule has 8 heteroatoms. The molecule has 1 aromatic heterocycles. The summed E-state index contributed by atoms with van der Waals surface area (Å²) in [6, 6.07) is 9.68. The van der Waals surface area contributed by atoms with Gasteiger partial charge in [0.1, 0.15) is 6.04 Å². The van der Waals surface area contributed by atoms with Crippen LogP contribution < -0.4 is 10.2 Å². The predicted octanol–water partition coefficient (Wildman–Crippen LogP) is 4.73. The first kappa shape index (κ1) is 25.1. The number of carbonyl (C=O) groups excluding carboxylic acids is 3. The van der Waals surface area contributed by atoms with Gasteiger partial charge in [-0.25, -0.2) is 0 Å². The summed E-state index contributed by atoms with van der Waals surface area (Å²) >= 11 is 0. The number of amides is 3. The predicted molar refractivity (Wildman–Crippen MR) is 153 cm³/mol. The average molecular weight is 538 g/mol. The lowest BCUT2D eigenvalue weighted by Gasteiger charge is -2.43. The first-order valence-corrected chi connectivity index (χ1v) is 14.5. The quantitative estimate of drug-likeness (QED) is 0.510. The van der Waals surface area contributed by atoms with Crippen LogP contribution in [-0.2, 0) is 16.0 Å². The van der Waals surface area contributed by atoms with Crippen LogP contribution in [0.15, 0.2) is 55.0 Å². The maximum atomic E-state index is 13.5. The number of benzene rings is 2. The molecular formula is C32H35N5O3. The van der Waals surface area contributed by atoms with Gasteiger partial charge < -0.3 is 10.2 Å². The third-order valence-corrected chi connectivity index (χ3v) is 9.60. The largest absolute Gasteiger partial charge is 0.342 e. The Morgan fingerprint density at radius 1 is 1.12 bits per heavy atom. The molecule has 4 heterocycles. The summed E-state index contributed by atoms with van der Waals surface area (Å²) < 4.78 is 2.07. The van der Waals surface area contributed by atoms with Crippen molar-refractivity contribution in [3.05, 3.63) is 71.7 Å². The first-order valence-electron chi connectivity index (χ1n) is 14.5. The van der Waals surface area contributed by atoms with Crippen LogP contribution in [0, 0.1) is 5.41 Å². The Bertz CT molecular complexity index is 1560. The summed E-state index contributed by atoms with van der Waals surface area (Å²) in [6.45, 7) is 7.57. The van der Waals surface area contributed by atoms with Gasteiger partial charge in [-0.05, 0) is 67.2 Å². The number of allylic oxidation sites excluding steroid dienone is 1. The van der Waals surface area contributed by atoms with E-state index in [-0.39, 0.29) is 17.2 Å². The van der Waals surface area contributed by atoms with Gasteiger partial charge in [-0.3, -0.25) is 24.0 Å². The average Bonchev–Trinajstić information content (AvgIpc) is 3.52. The zero-order chi connectivity index (χ0) is 27.6. The molecule has 0 radical (unpaired) electrons. The SMILES string of the molecule is C=C1CCC(N2C(=O)c3cccc4c(Cc5cnn(C6CCN(C(=O)C7(C)CCC7)CC6)c5)ccc2c34)C(=O)N1. The molecule has 3 aliphatic heterocycles. The van der Waals surface area contributed by atoms with Gasteiger partial charge in [0, 0.05) is 47.8 Å². The minimum Gasteiger partial charge on any atom is -0.342 e. The van der Waals surface area contributed by atoms with Gasteiger partial charge in [0.15, 0.2) is 0 Å². The van der Waals surface area contributed by atoms with Crippen LogP contribution in [0.2, 0.25) is 0 Å². The Kier molecular flexibility index (Phi) is 5.84. The maximum Gasteiger partial charge on any atom is 0.259 e. The number of hydrogen-bond acceptors (Lipinski definition) is 4. The van der Waals surface area contributed by atoms with Crippen molar-refractivity contribution in [3.8, 4) is 0 Å². The number of hydrogen-bond donors (Lipinski definition) is 1. The molecule has 1 unspecified atom stereocenters. The molecule has 8 nitrogen and oxygen atoms in total. The summed E-state index contributed by atoms with van der Waals surface area (Å²) in [5, 5.41) is 9.49. The van der Waals surface area contributed by atoms with E-state index in [1.165, 1.54) is 0 Å². The van der Waals surface area contributed by atoms with Crippen molar-refractivity contribution in [1.82, 2.24) is 20.0 Å². The Morgan fingerprint density at radius 3 is 2.65 bits per heavy atom. The van der Waals surface area contributed by atoms with Crippen LogP contribution in [0.25, 0.3) is 10.8 Å². The van der Waals surface area contributed by atoms with Crippen molar-refractivity contribution in [2.75, 3.05) is 18.0 Å². The van der Waals surface area contributed by atoms with Crippen LogP contribution >= 0.6 is 0 Å². The topological polar surface area (TPSA) is 87.5 Å². The van der Waals surface area contributed by atoms with Crippen LogP contribution in [0.5, 0.6) is 0 Å².